The SMILES string of the molecule is Cc1noc(C)c1S(=O)(=O)N1CC(C)C(N)C1. The molecule has 2 N–H and O–H groups in total. The highest BCUT2D eigenvalue weighted by atomic mass is 32.2. The Morgan fingerprint density at radius 2 is 2.06 bits per heavy atom. The van der Waals surface area contributed by atoms with Crippen LogP contribution >= 0.6 is 0 Å². The van der Waals surface area contributed by atoms with Crippen LogP contribution in [-0.2, 0) is 10.0 Å². The normalized spacial score (nSPS) is 26.6. The number of hydrogen-bond acceptors (Lipinski definition) is 5. The van der Waals surface area contributed by atoms with E-state index in [9.17, 15) is 8.42 Å². The molecule has 96 valence electrons. The Bertz CT molecular complexity index is 493. The van der Waals surface area contributed by atoms with Gasteiger partial charge in [-0.15, -0.1) is 0 Å². The third kappa shape index (κ3) is 1.98. The van der Waals surface area contributed by atoms with E-state index in [1.165, 1.54) is 4.31 Å². The monoisotopic (exact) mass is 259 g/mol. The van der Waals surface area contributed by atoms with Gasteiger partial charge >= 0.3 is 0 Å². The van der Waals surface area contributed by atoms with Gasteiger partial charge < -0.3 is 10.3 Å². The van der Waals surface area contributed by atoms with E-state index in [0.29, 0.717) is 24.5 Å². The van der Waals surface area contributed by atoms with E-state index >= 15 is 0 Å². The molecule has 1 fully saturated rings. The first-order chi connectivity index (χ1) is 7.84. The van der Waals surface area contributed by atoms with Crippen molar-refractivity contribution in [3.8, 4) is 0 Å². The standard InChI is InChI=1S/C10H17N3O3S/c1-6-4-13(5-9(6)11)17(14,15)10-7(2)12-16-8(10)3/h6,9H,4-5,11H2,1-3H3. The van der Waals surface area contributed by atoms with Gasteiger partial charge in [-0.05, 0) is 19.8 Å². The minimum atomic E-state index is -3.53. The van der Waals surface area contributed by atoms with E-state index in [1.54, 1.807) is 13.8 Å². The highest BCUT2D eigenvalue weighted by molar-refractivity contribution is 7.89. The van der Waals surface area contributed by atoms with E-state index in [0.717, 1.165) is 0 Å². The topological polar surface area (TPSA) is 89.4 Å². The molecule has 0 amide bonds. The molecule has 1 aliphatic heterocycles. The number of nitrogens with zero attached hydrogens (tertiary/aromatic N) is 2. The molecule has 0 spiro atoms. The van der Waals surface area contributed by atoms with Gasteiger partial charge in [0, 0.05) is 19.1 Å². The summed E-state index contributed by atoms with van der Waals surface area (Å²) in [6.45, 7) is 5.99. The fraction of sp³-hybridized carbons (Fsp3) is 0.700. The third-order valence-corrected chi connectivity index (χ3v) is 5.28. The Balaban J connectivity index is 2.39. The average molecular weight is 259 g/mol. The molecular formula is C10H17N3O3S. The van der Waals surface area contributed by atoms with Gasteiger partial charge in [0.25, 0.3) is 0 Å². The minimum absolute atomic E-state index is 0.106. The summed E-state index contributed by atoms with van der Waals surface area (Å²) in [5.41, 5.74) is 6.25. The predicted octanol–water partition coefficient (Wildman–Crippen LogP) is 0.259. The van der Waals surface area contributed by atoms with Gasteiger partial charge in [-0.3, -0.25) is 0 Å². The zero-order chi connectivity index (χ0) is 12.8. The maximum absolute atomic E-state index is 12.4. The maximum Gasteiger partial charge on any atom is 0.248 e. The number of aromatic nitrogens is 1. The van der Waals surface area contributed by atoms with Crippen molar-refractivity contribution in [2.45, 2.75) is 31.7 Å². The quantitative estimate of drug-likeness (QED) is 0.822. The average Bonchev–Trinajstić information content (AvgIpc) is 2.72. The summed E-state index contributed by atoms with van der Waals surface area (Å²) in [7, 11) is -3.53. The van der Waals surface area contributed by atoms with E-state index < -0.39 is 10.0 Å². The molecule has 17 heavy (non-hydrogen) atoms. The van der Waals surface area contributed by atoms with Gasteiger partial charge in [0.05, 0.1) is 0 Å². The van der Waals surface area contributed by atoms with Crippen LogP contribution in [0.2, 0.25) is 0 Å². The smallest absolute Gasteiger partial charge is 0.248 e. The maximum atomic E-state index is 12.4. The van der Waals surface area contributed by atoms with Crippen molar-refractivity contribution < 1.29 is 12.9 Å². The van der Waals surface area contributed by atoms with Crippen molar-refractivity contribution in [1.82, 2.24) is 9.46 Å². The van der Waals surface area contributed by atoms with Gasteiger partial charge in [-0.2, -0.15) is 4.31 Å². The van der Waals surface area contributed by atoms with Gasteiger partial charge in [0.1, 0.15) is 10.6 Å². The molecule has 1 aliphatic rings. The second-order valence-electron chi connectivity index (χ2n) is 4.62. The third-order valence-electron chi connectivity index (χ3n) is 3.20. The van der Waals surface area contributed by atoms with Crippen LogP contribution < -0.4 is 5.73 Å². The summed E-state index contributed by atoms with van der Waals surface area (Å²) in [5.74, 6) is 0.501. The molecule has 1 aromatic rings. The first kappa shape index (κ1) is 12.5. The van der Waals surface area contributed by atoms with Gasteiger partial charge in [-0.1, -0.05) is 12.1 Å². The second kappa shape index (κ2) is 4.08. The molecule has 0 bridgehead atoms. The molecule has 2 rings (SSSR count). The fourth-order valence-corrected chi connectivity index (χ4v) is 3.98. The van der Waals surface area contributed by atoms with Crippen molar-refractivity contribution in [2.24, 2.45) is 11.7 Å². The minimum Gasteiger partial charge on any atom is -0.360 e. The highest BCUT2D eigenvalue weighted by Gasteiger charge is 2.38. The van der Waals surface area contributed by atoms with Crippen LogP contribution in [0.4, 0.5) is 0 Å². The zero-order valence-corrected chi connectivity index (χ0v) is 11.0. The Hall–Kier alpha value is -0.920. The van der Waals surface area contributed by atoms with Crippen molar-refractivity contribution in [3.63, 3.8) is 0 Å². The van der Waals surface area contributed by atoms with Crippen molar-refractivity contribution in [2.75, 3.05) is 13.1 Å². The lowest BCUT2D eigenvalue weighted by molar-refractivity contribution is 0.389. The van der Waals surface area contributed by atoms with Gasteiger partial charge in [0.2, 0.25) is 10.0 Å². The number of hydrogen-bond donors (Lipinski definition) is 1. The molecule has 2 heterocycles. The van der Waals surface area contributed by atoms with Crippen LogP contribution in [0.3, 0.4) is 0 Å². The Morgan fingerprint density at radius 1 is 1.41 bits per heavy atom. The highest BCUT2D eigenvalue weighted by Crippen LogP contribution is 2.27. The summed E-state index contributed by atoms with van der Waals surface area (Å²) in [6, 6.07) is -0.106. The Labute approximate surface area is 101 Å². The summed E-state index contributed by atoms with van der Waals surface area (Å²) < 4.78 is 31.1. The molecular weight excluding hydrogens is 242 g/mol. The molecule has 1 saturated heterocycles. The summed E-state index contributed by atoms with van der Waals surface area (Å²) >= 11 is 0. The van der Waals surface area contributed by atoms with Crippen LogP contribution in [-0.4, -0.2) is 37.0 Å². The number of sulfonamides is 1. The van der Waals surface area contributed by atoms with Gasteiger partial charge in [0.15, 0.2) is 5.76 Å². The second-order valence-corrected chi connectivity index (χ2v) is 6.49. The van der Waals surface area contributed by atoms with E-state index in [4.69, 9.17) is 10.3 Å². The van der Waals surface area contributed by atoms with Gasteiger partial charge in [-0.25, -0.2) is 8.42 Å². The molecule has 0 radical (unpaired) electrons. The lowest BCUT2D eigenvalue weighted by Gasteiger charge is -2.15. The Morgan fingerprint density at radius 3 is 2.47 bits per heavy atom. The van der Waals surface area contributed by atoms with Crippen LogP contribution in [0.15, 0.2) is 9.42 Å². The fourth-order valence-electron chi connectivity index (χ4n) is 2.11. The molecule has 0 aromatic carbocycles. The van der Waals surface area contributed by atoms with Crippen LogP contribution in [0.5, 0.6) is 0 Å². The lowest BCUT2D eigenvalue weighted by Crippen LogP contribution is -2.32. The first-order valence-electron chi connectivity index (χ1n) is 5.52. The summed E-state index contributed by atoms with van der Waals surface area (Å²) in [5, 5.41) is 3.68. The largest absolute Gasteiger partial charge is 0.360 e. The molecule has 2 unspecified atom stereocenters. The van der Waals surface area contributed by atoms with E-state index in [2.05, 4.69) is 5.16 Å². The van der Waals surface area contributed by atoms with Crippen LogP contribution in [0, 0.1) is 19.8 Å². The number of aryl methyl sites for hydroxylation is 2. The molecule has 0 aliphatic carbocycles. The number of nitrogens with two attached hydrogens (primary N) is 1. The number of rotatable bonds is 2. The molecule has 6 nitrogen and oxygen atoms in total. The molecule has 7 heteroatoms. The van der Waals surface area contributed by atoms with Crippen molar-refractivity contribution in [3.05, 3.63) is 11.5 Å². The molecule has 2 atom stereocenters. The lowest BCUT2D eigenvalue weighted by atomic mass is 10.1. The van der Waals surface area contributed by atoms with E-state index in [1.807, 2.05) is 6.92 Å². The predicted molar refractivity (Wildman–Crippen MR) is 61.9 cm³/mol. The Kier molecular flexibility index (Phi) is 3.01. The van der Waals surface area contributed by atoms with E-state index in [-0.39, 0.29) is 16.9 Å². The zero-order valence-electron chi connectivity index (χ0n) is 10.2. The molecule has 0 saturated carbocycles. The first-order valence-corrected chi connectivity index (χ1v) is 6.96. The van der Waals surface area contributed by atoms with Crippen molar-refractivity contribution in [1.29, 1.82) is 0 Å². The summed E-state index contributed by atoms with van der Waals surface area (Å²) in [6.07, 6.45) is 0. The summed E-state index contributed by atoms with van der Waals surface area (Å²) in [4.78, 5) is 0.179. The molecule has 1 aromatic heterocycles. The van der Waals surface area contributed by atoms with Crippen molar-refractivity contribution >= 4 is 10.0 Å². The van der Waals surface area contributed by atoms with Crippen LogP contribution in [0.25, 0.3) is 0 Å². The van der Waals surface area contributed by atoms with Crippen LogP contribution in [0.1, 0.15) is 18.4 Å².